The molecule has 1 amide bonds. The highest BCUT2D eigenvalue weighted by Crippen LogP contribution is 2.26. The zero-order chi connectivity index (χ0) is 18.8. The lowest BCUT2D eigenvalue weighted by atomic mass is 10.0. The molecule has 1 N–H and O–H groups in total. The summed E-state index contributed by atoms with van der Waals surface area (Å²) in [4.78, 5) is 27.7. The maximum Gasteiger partial charge on any atom is 0.254 e. The average molecular weight is 367 g/mol. The molecule has 0 aliphatic carbocycles. The molecule has 7 heteroatoms. The Hall–Kier alpha value is -2.38. The van der Waals surface area contributed by atoms with Gasteiger partial charge in [-0.3, -0.25) is 14.7 Å². The standard InChI is InChI=1S/C20H25N5O2/c1-13(2)18-11-25-10-16(6-17(25)12-27-18)24-20(26)15-8-22-19(23-9-15)14-4-3-5-21-7-14/h3-5,7-9,13,16-18H,6,10-12H2,1-2H3,(H,24,26)/t16-,17-,18-/m0/s1. The lowest BCUT2D eigenvalue weighted by molar-refractivity contribution is -0.0683. The quantitative estimate of drug-likeness (QED) is 0.887. The molecule has 2 aromatic heterocycles. The number of ether oxygens (including phenoxy) is 1. The molecule has 0 radical (unpaired) electrons. The summed E-state index contributed by atoms with van der Waals surface area (Å²) >= 11 is 0. The van der Waals surface area contributed by atoms with Crippen molar-refractivity contribution in [1.82, 2.24) is 25.2 Å². The molecule has 7 nitrogen and oxygen atoms in total. The van der Waals surface area contributed by atoms with Gasteiger partial charge >= 0.3 is 0 Å². The SMILES string of the molecule is CC(C)[C@@H]1CN2C[C@@H](NC(=O)c3cnc(-c4cccnc4)nc3)C[C@H]2CO1. The molecule has 0 spiro atoms. The van der Waals surface area contributed by atoms with Crippen LogP contribution in [0.3, 0.4) is 0 Å². The summed E-state index contributed by atoms with van der Waals surface area (Å²) in [5.41, 5.74) is 1.31. The zero-order valence-electron chi connectivity index (χ0n) is 15.7. The number of pyridine rings is 1. The smallest absolute Gasteiger partial charge is 0.254 e. The molecule has 0 aromatic carbocycles. The first-order chi connectivity index (χ1) is 13.1. The van der Waals surface area contributed by atoms with Gasteiger partial charge in [0, 0.05) is 55.5 Å². The number of nitrogens with zero attached hydrogens (tertiary/aromatic N) is 4. The molecule has 3 atom stereocenters. The van der Waals surface area contributed by atoms with E-state index in [0.29, 0.717) is 23.3 Å². The molecule has 2 aromatic rings. The third-order valence-electron chi connectivity index (χ3n) is 5.36. The Morgan fingerprint density at radius 2 is 2.07 bits per heavy atom. The van der Waals surface area contributed by atoms with Crippen LogP contribution in [0, 0.1) is 5.92 Å². The molecule has 2 fully saturated rings. The number of hydrogen-bond acceptors (Lipinski definition) is 6. The van der Waals surface area contributed by atoms with E-state index in [4.69, 9.17) is 4.74 Å². The minimum absolute atomic E-state index is 0.126. The molecule has 2 aliphatic heterocycles. The summed E-state index contributed by atoms with van der Waals surface area (Å²) in [6.07, 6.45) is 7.76. The summed E-state index contributed by atoms with van der Waals surface area (Å²) in [5, 5.41) is 3.13. The van der Waals surface area contributed by atoms with Crippen LogP contribution in [0.25, 0.3) is 11.4 Å². The number of rotatable bonds is 4. The highest BCUT2D eigenvalue weighted by atomic mass is 16.5. The number of carbonyl (C=O) groups is 1. The van der Waals surface area contributed by atoms with Gasteiger partial charge in [0.05, 0.1) is 18.3 Å². The zero-order valence-corrected chi connectivity index (χ0v) is 15.7. The molecule has 0 saturated carbocycles. The van der Waals surface area contributed by atoms with E-state index in [1.165, 1.54) is 0 Å². The van der Waals surface area contributed by atoms with Gasteiger partial charge in [-0.1, -0.05) is 13.8 Å². The summed E-state index contributed by atoms with van der Waals surface area (Å²) in [6.45, 7) is 6.94. The van der Waals surface area contributed by atoms with E-state index in [0.717, 1.165) is 31.7 Å². The third kappa shape index (κ3) is 3.99. The van der Waals surface area contributed by atoms with Crippen molar-refractivity contribution in [3.63, 3.8) is 0 Å². The average Bonchev–Trinajstić information content (AvgIpc) is 3.10. The minimum atomic E-state index is -0.126. The summed E-state index contributed by atoms with van der Waals surface area (Å²) in [6, 6.07) is 4.26. The predicted molar refractivity (Wildman–Crippen MR) is 101 cm³/mol. The van der Waals surface area contributed by atoms with Crippen LogP contribution in [0.1, 0.15) is 30.6 Å². The van der Waals surface area contributed by atoms with E-state index in [9.17, 15) is 4.79 Å². The fourth-order valence-corrected chi connectivity index (χ4v) is 3.77. The van der Waals surface area contributed by atoms with Crippen molar-refractivity contribution >= 4 is 5.91 Å². The van der Waals surface area contributed by atoms with Gasteiger partial charge in [-0.25, -0.2) is 9.97 Å². The van der Waals surface area contributed by atoms with Crippen LogP contribution in [-0.4, -0.2) is 63.6 Å². The fraction of sp³-hybridized carbons (Fsp3) is 0.500. The van der Waals surface area contributed by atoms with E-state index < -0.39 is 0 Å². The second-order valence-corrected chi connectivity index (χ2v) is 7.67. The van der Waals surface area contributed by atoms with Gasteiger partial charge in [0.15, 0.2) is 5.82 Å². The summed E-state index contributed by atoms with van der Waals surface area (Å²) < 4.78 is 5.97. The van der Waals surface area contributed by atoms with Gasteiger partial charge in [0.1, 0.15) is 0 Å². The van der Waals surface area contributed by atoms with Crippen LogP contribution in [-0.2, 0) is 4.74 Å². The van der Waals surface area contributed by atoms with Gasteiger partial charge in [0.25, 0.3) is 5.91 Å². The van der Waals surface area contributed by atoms with Crippen molar-refractivity contribution < 1.29 is 9.53 Å². The van der Waals surface area contributed by atoms with Crippen molar-refractivity contribution in [1.29, 1.82) is 0 Å². The molecule has 4 rings (SSSR count). The van der Waals surface area contributed by atoms with E-state index in [1.807, 2.05) is 12.1 Å². The Morgan fingerprint density at radius 3 is 2.78 bits per heavy atom. The van der Waals surface area contributed by atoms with Crippen molar-refractivity contribution in [3.05, 3.63) is 42.5 Å². The molecule has 2 saturated heterocycles. The van der Waals surface area contributed by atoms with E-state index in [1.54, 1.807) is 24.8 Å². The van der Waals surface area contributed by atoms with Crippen LogP contribution in [0.4, 0.5) is 0 Å². The van der Waals surface area contributed by atoms with Crippen LogP contribution >= 0.6 is 0 Å². The molecular weight excluding hydrogens is 342 g/mol. The van der Waals surface area contributed by atoms with E-state index in [-0.39, 0.29) is 18.1 Å². The minimum Gasteiger partial charge on any atom is -0.375 e. The Labute approximate surface area is 159 Å². The fourth-order valence-electron chi connectivity index (χ4n) is 3.77. The van der Waals surface area contributed by atoms with Crippen LogP contribution in [0.5, 0.6) is 0 Å². The van der Waals surface area contributed by atoms with Gasteiger partial charge in [-0.05, 0) is 24.5 Å². The maximum absolute atomic E-state index is 12.6. The van der Waals surface area contributed by atoms with Gasteiger partial charge in [-0.2, -0.15) is 0 Å². The lowest BCUT2D eigenvalue weighted by Gasteiger charge is -2.36. The Kier molecular flexibility index (Phi) is 5.13. The highest BCUT2D eigenvalue weighted by molar-refractivity contribution is 5.93. The lowest BCUT2D eigenvalue weighted by Crippen LogP contribution is -2.48. The number of morpholine rings is 1. The van der Waals surface area contributed by atoms with E-state index in [2.05, 4.69) is 39.0 Å². The number of carbonyl (C=O) groups excluding carboxylic acids is 1. The first kappa shape index (κ1) is 18.0. The topological polar surface area (TPSA) is 80.2 Å². The molecule has 0 unspecified atom stereocenters. The Morgan fingerprint density at radius 1 is 1.26 bits per heavy atom. The monoisotopic (exact) mass is 367 g/mol. The first-order valence-electron chi connectivity index (χ1n) is 9.49. The maximum atomic E-state index is 12.6. The van der Waals surface area contributed by atoms with Crippen molar-refractivity contribution in [2.75, 3.05) is 19.7 Å². The Balaban J connectivity index is 1.36. The van der Waals surface area contributed by atoms with Crippen LogP contribution in [0.15, 0.2) is 36.9 Å². The second-order valence-electron chi connectivity index (χ2n) is 7.67. The van der Waals surface area contributed by atoms with Crippen LogP contribution < -0.4 is 5.32 Å². The van der Waals surface area contributed by atoms with Crippen molar-refractivity contribution in [2.24, 2.45) is 5.92 Å². The van der Waals surface area contributed by atoms with Gasteiger partial charge < -0.3 is 10.1 Å². The molecule has 4 heterocycles. The second kappa shape index (κ2) is 7.70. The van der Waals surface area contributed by atoms with Crippen molar-refractivity contribution in [2.45, 2.75) is 38.5 Å². The summed E-state index contributed by atoms with van der Waals surface area (Å²) in [5.74, 6) is 0.948. The predicted octanol–water partition coefficient (Wildman–Crippen LogP) is 1.77. The molecular formula is C20H25N5O2. The number of hydrogen-bond donors (Lipinski definition) is 1. The number of nitrogens with one attached hydrogen (secondary N) is 1. The molecule has 27 heavy (non-hydrogen) atoms. The third-order valence-corrected chi connectivity index (χ3v) is 5.36. The largest absolute Gasteiger partial charge is 0.375 e. The van der Waals surface area contributed by atoms with Crippen molar-refractivity contribution in [3.8, 4) is 11.4 Å². The first-order valence-corrected chi connectivity index (χ1v) is 9.49. The van der Waals surface area contributed by atoms with Gasteiger partial charge in [0.2, 0.25) is 0 Å². The Bertz CT molecular complexity index is 781. The van der Waals surface area contributed by atoms with Gasteiger partial charge in [-0.15, -0.1) is 0 Å². The molecule has 0 bridgehead atoms. The summed E-state index contributed by atoms with van der Waals surface area (Å²) in [7, 11) is 0. The number of fused-ring (bicyclic) bond motifs is 1. The normalized spacial score (nSPS) is 25.4. The molecule has 142 valence electrons. The van der Waals surface area contributed by atoms with Crippen LogP contribution in [0.2, 0.25) is 0 Å². The molecule has 2 aliphatic rings. The highest BCUT2D eigenvalue weighted by Gasteiger charge is 2.38. The number of amides is 1. The number of aromatic nitrogens is 3. The van der Waals surface area contributed by atoms with E-state index >= 15 is 0 Å².